The average Bonchev–Trinajstić information content (AvgIpc) is 3.59. The first kappa shape index (κ1) is 25.1. The first-order valence-electron chi connectivity index (χ1n) is 15.3. The minimum absolute atomic E-state index is 0.119. The molecule has 8 aromatic rings. The molecule has 0 fully saturated rings. The molecule has 0 N–H and O–H groups in total. The second-order valence-electron chi connectivity index (χ2n) is 11.8. The van der Waals surface area contributed by atoms with Gasteiger partial charge in [0.05, 0.1) is 6.04 Å². The van der Waals surface area contributed by atoms with Gasteiger partial charge in [-0.05, 0) is 57.8 Å². The predicted molar refractivity (Wildman–Crippen MR) is 182 cm³/mol. The van der Waals surface area contributed by atoms with Crippen LogP contribution >= 0.6 is 0 Å². The Morgan fingerprint density at radius 1 is 0.591 bits per heavy atom. The largest absolute Gasteiger partial charge is 0.456 e. The molecule has 2 unspecified atom stereocenters. The number of benzene rings is 6. The van der Waals surface area contributed by atoms with Crippen molar-refractivity contribution in [2.24, 2.45) is 10.9 Å². The van der Waals surface area contributed by atoms with Crippen molar-refractivity contribution in [1.29, 1.82) is 0 Å². The van der Waals surface area contributed by atoms with Crippen LogP contribution in [0.5, 0.6) is 0 Å². The minimum atomic E-state index is -0.122. The quantitative estimate of drug-likeness (QED) is 0.213. The summed E-state index contributed by atoms with van der Waals surface area (Å²) in [7, 11) is 0. The van der Waals surface area contributed by atoms with E-state index in [1.165, 1.54) is 27.5 Å². The van der Waals surface area contributed by atoms with Gasteiger partial charge in [0.15, 0.2) is 0 Å². The zero-order valence-electron chi connectivity index (χ0n) is 24.3. The fourth-order valence-corrected chi connectivity index (χ4v) is 7.23. The van der Waals surface area contributed by atoms with E-state index in [2.05, 4.69) is 122 Å². The van der Waals surface area contributed by atoms with E-state index in [1.54, 1.807) is 0 Å². The molecule has 0 amide bonds. The molecular formula is C41H29NO2. The maximum Gasteiger partial charge on any atom is 0.136 e. The van der Waals surface area contributed by atoms with E-state index in [1.807, 2.05) is 18.2 Å². The highest BCUT2D eigenvalue weighted by Gasteiger charge is 2.30. The van der Waals surface area contributed by atoms with Gasteiger partial charge in [0.2, 0.25) is 0 Å². The predicted octanol–water partition coefficient (Wildman–Crippen LogP) is 11.3. The Hall–Kier alpha value is -5.41. The zero-order chi connectivity index (χ0) is 29.2. The van der Waals surface area contributed by atoms with Crippen molar-refractivity contribution in [1.82, 2.24) is 0 Å². The Morgan fingerprint density at radius 3 is 2.02 bits per heavy atom. The molecule has 3 nitrogen and oxygen atoms in total. The summed E-state index contributed by atoms with van der Waals surface area (Å²) in [6.45, 7) is 2.33. The lowest BCUT2D eigenvalue weighted by molar-refractivity contribution is 0.590. The van der Waals surface area contributed by atoms with Crippen LogP contribution in [0.4, 0.5) is 0 Å². The Kier molecular flexibility index (Phi) is 5.61. The molecule has 3 heterocycles. The Bertz CT molecular complexity index is 2450. The maximum atomic E-state index is 6.34. The van der Waals surface area contributed by atoms with E-state index in [0.29, 0.717) is 0 Å². The van der Waals surface area contributed by atoms with Gasteiger partial charge in [-0.1, -0.05) is 110 Å². The number of hydrogen-bond acceptors (Lipinski definition) is 3. The van der Waals surface area contributed by atoms with Gasteiger partial charge in [0, 0.05) is 45.2 Å². The SMILES string of the molecule is CC1C(c2ccc3ccccc3c2)=CCC(c2cccc3oc4ccccc4c23)=NC1c1cccc2oc3ccccc3c12. The minimum Gasteiger partial charge on any atom is -0.456 e. The van der Waals surface area contributed by atoms with Crippen molar-refractivity contribution in [3.05, 3.63) is 150 Å². The van der Waals surface area contributed by atoms with E-state index in [9.17, 15) is 0 Å². The van der Waals surface area contributed by atoms with E-state index >= 15 is 0 Å². The molecule has 0 bridgehead atoms. The fourth-order valence-electron chi connectivity index (χ4n) is 7.23. The molecule has 1 aliphatic rings. The molecule has 0 aliphatic carbocycles. The van der Waals surface area contributed by atoms with Crippen LogP contribution in [0.3, 0.4) is 0 Å². The van der Waals surface area contributed by atoms with Crippen LogP contribution in [0.15, 0.2) is 147 Å². The summed E-state index contributed by atoms with van der Waals surface area (Å²) in [5, 5.41) is 7.02. The van der Waals surface area contributed by atoms with Crippen LogP contribution in [-0.2, 0) is 0 Å². The molecule has 0 radical (unpaired) electrons. The number of rotatable bonds is 3. The van der Waals surface area contributed by atoms with Crippen LogP contribution in [0.25, 0.3) is 60.2 Å². The normalized spacial score (nSPS) is 17.4. The summed E-state index contributed by atoms with van der Waals surface area (Å²) >= 11 is 0. The Morgan fingerprint density at radius 2 is 1.23 bits per heavy atom. The summed E-state index contributed by atoms with van der Waals surface area (Å²) < 4.78 is 12.6. The van der Waals surface area contributed by atoms with Gasteiger partial charge in [-0.2, -0.15) is 0 Å². The van der Waals surface area contributed by atoms with Gasteiger partial charge in [-0.25, -0.2) is 0 Å². The molecule has 1 aliphatic heterocycles. The molecule has 2 atom stereocenters. The first-order valence-corrected chi connectivity index (χ1v) is 15.3. The second-order valence-corrected chi connectivity index (χ2v) is 11.8. The summed E-state index contributed by atoms with van der Waals surface area (Å²) in [4.78, 5) is 5.69. The number of nitrogens with zero attached hydrogens (tertiary/aromatic N) is 1. The number of hydrogen-bond donors (Lipinski definition) is 0. The van der Waals surface area contributed by atoms with Gasteiger partial charge in [-0.3, -0.25) is 4.99 Å². The van der Waals surface area contributed by atoms with Crippen LogP contribution in [-0.4, -0.2) is 5.71 Å². The fraction of sp³-hybridized carbons (Fsp3) is 0.0976. The zero-order valence-corrected chi connectivity index (χ0v) is 24.3. The van der Waals surface area contributed by atoms with Crippen molar-refractivity contribution >= 4 is 65.9 Å². The van der Waals surface area contributed by atoms with E-state index in [4.69, 9.17) is 13.8 Å². The third-order valence-electron chi connectivity index (χ3n) is 9.32. The summed E-state index contributed by atoms with van der Waals surface area (Å²) in [5.41, 5.74) is 9.54. The summed E-state index contributed by atoms with van der Waals surface area (Å²) in [5.74, 6) is 0.119. The number of furan rings is 2. The lowest BCUT2D eigenvalue weighted by atomic mass is 9.83. The first-order chi connectivity index (χ1) is 21.7. The van der Waals surface area contributed by atoms with Crippen molar-refractivity contribution in [3.63, 3.8) is 0 Å². The van der Waals surface area contributed by atoms with Gasteiger partial charge >= 0.3 is 0 Å². The lowest BCUT2D eigenvalue weighted by Crippen LogP contribution is -2.11. The van der Waals surface area contributed by atoms with Crippen molar-refractivity contribution in [2.75, 3.05) is 0 Å². The molecule has 0 saturated carbocycles. The smallest absolute Gasteiger partial charge is 0.136 e. The molecule has 210 valence electrons. The van der Waals surface area contributed by atoms with Crippen molar-refractivity contribution in [3.8, 4) is 0 Å². The Balaban J connectivity index is 1.30. The number of para-hydroxylation sites is 2. The highest BCUT2D eigenvalue weighted by molar-refractivity contribution is 6.19. The number of fused-ring (bicyclic) bond motifs is 7. The van der Waals surface area contributed by atoms with Crippen LogP contribution in [0.1, 0.15) is 36.1 Å². The molecule has 0 spiro atoms. The average molecular weight is 568 g/mol. The van der Waals surface area contributed by atoms with Crippen molar-refractivity contribution < 1.29 is 8.83 Å². The molecule has 6 aromatic carbocycles. The van der Waals surface area contributed by atoms with Gasteiger partial charge < -0.3 is 8.83 Å². The molecule has 44 heavy (non-hydrogen) atoms. The topological polar surface area (TPSA) is 38.6 Å². The highest BCUT2D eigenvalue weighted by atomic mass is 16.3. The van der Waals surface area contributed by atoms with Crippen LogP contribution in [0.2, 0.25) is 0 Å². The van der Waals surface area contributed by atoms with Gasteiger partial charge in [0.25, 0.3) is 0 Å². The molecular weight excluding hydrogens is 538 g/mol. The van der Waals surface area contributed by atoms with Crippen molar-refractivity contribution in [2.45, 2.75) is 19.4 Å². The third kappa shape index (κ3) is 3.86. The van der Waals surface area contributed by atoms with E-state index < -0.39 is 0 Å². The van der Waals surface area contributed by atoms with E-state index in [-0.39, 0.29) is 12.0 Å². The number of allylic oxidation sites excluding steroid dienone is 1. The molecule has 3 heteroatoms. The Labute approximate surface area is 254 Å². The van der Waals surface area contributed by atoms with Gasteiger partial charge in [0.1, 0.15) is 22.3 Å². The second kappa shape index (κ2) is 9.82. The summed E-state index contributed by atoms with van der Waals surface area (Å²) in [6, 6.07) is 44.7. The van der Waals surface area contributed by atoms with Gasteiger partial charge in [-0.15, -0.1) is 0 Å². The third-order valence-corrected chi connectivity index (χ3v) is 9.32. The molecule has 0 saturated heterocycles. The number of aliphatic imine (C=N–C) groups is 1. The molecule has 9 rings (SSSR count). The van der Waals surface area contributed by atoms with Crippen LogP contribution in [0, 0.1) is 5.92 Å². The van der Waals surface area contributed by atoms with Crippen LogP contribution < -0.4 is 0 Å². The lowest BCUT2D eigenvalue weighted by Gasteiger charge is -2.24. The monoisotopic (exact) mass is 567 g/mol. The summed E-state index contributed by atoms with van der Waals surface area (Å²) in [6.07, 6.45) is 3.13. The maximum absolute atomic E-state index is 6.34. The molecule has 2 aromatic heterocycles. The standard InChI is InChI=1S/C41H29NO2/c1-25-29(28-21-20-26-10-2-3-11-27(26)24-28)22-23-34(30-14-8-18-37-39(30)31-12-4-6-16-35(31)43-37)42-41(25)33-15-9-19-38-40(33)32-13-5-7-17-36(32)44-38/h2-22,24-25,41H,23H2,1H3. The highest BCUT2D eigenvalue weighted by Crippen LogP contribution is 2.45. The van der Waals surface area contributed by atoms with E-state index in [0.717, 1.165) is 61.6 Å².